The van der Waals surface area contributed by atoms with Crippen LogP contribution in [0.15, 0.2) is 78.1 Å². The van der Waals surface area contributed by atoms with E-state index in [1.165, 1.54) is 11.8 Å². The molecule has 0 fully saturated rings. The summed E-state index contributed by atoms with van der Waals surface area (Å²) in [7, 11) is 0. The maximum atomic E-state index is 12.5. The van der Waals surface area contributed by atoms with Crippen molar-refractivity contribution in [2.45, 2.75) is 25.5 Å². The second-order valence-electron chi connectivity index (χ2n) is 7.15. The van der Waals surface area contributed by atoms with E-state index in [1.807, 2.05) is 91.5 Å². The van der Waals surface area contributed by atoms with Crippen molar-refractivity contribution in [3.63, 3.8) is 0 Å². The highest BCUT2D eigenvalue weighted by atomic mass is 32.2. The SMILES string of the molecule is Cc1cc(C)nc(SCC(=O)NCc2cn(-c3ccccc3)nc2-c2ccccc2)n1. The van der Waals surface area contributed by atoms with Crippen molar-refractivity contribution in [3.8, 4) is 16.9 Å². The number of amides is 1. The van der Waals surface area contributed by atoms with E-state index in [4.69, 9.17) is 5.10 Å². The summed E-state index contributed by atoms with van der Waals surface area (Å²) in [6.45, 7) is 4.24. The second-order valence-corrected chi connectivity index (χ2v) is 8.09. The molecule has 0 aliphatic carbocycles. The van der Waals surface area contributed by atoms with E-state index in [1.54, 1.807) is 0 Å². The molecule has 0 saturated carbocycles. The summed E-state index contributed by atoms with van der Waals surface area (Å²) in [5.74, 6) is 0.190. The highest BCUT2D eigenvalue weighted by molar-refractivity contribution is 7.99. The van der Waals surface area contributed by atoms with Crippen LogP contribution in [0.4, 0.5) is 0 Å². The summed E-state index contributed by atoms with van der Waals surface area (Å²) in [6, 6.07) is 21.9. The minimum absolute atomic E-state index is 0.0702. The fourth-order valence-corrected chi connectivity index (χ4v) is 4.00. The molecule has 1 N–H and O–H groups in total. The Bertz CT molecular complexity index is 1160. The van der Waals surface area contributed by atoms with Crippen LogP contribution < -0.4 is 5.32 Å². The molecule has 0 atom stereocenters. The van der Waals surface area contributed by atoms with E-state index in [2.05, 4.69) is 15.3 Å². The van der Waals surface area contributed by atoms with Crippen LogP contribution in [0.3, 0.4) is 0 Å². The molecule has 2 aromatic heterocycles. The fourth-order valence-electron chi connectivity index (χ4n) is 3.22. The van der Waals surface area contributed by atoms with Crippen LogP contribution in [0, 0.1) is 13.8 Å². The zero-order valence-corrected chi connectivity index (χ0v) is 18.3. The number of rotatable bonds is 7. The molecule has 4 rings (SSSR count). The molecule has 2 aromatic carbocycles. The van der Waals surface area contributed by atoms with Gasteiger partial charge < -0.3 is 5.32 Å². The van der Waals surface area contributed by atoms with Gasteiger partial charge in [-0.15, -0.1) is 0 Å². The largest absolute Gasteiger partial charge is 0.351 e. The number of aromatic nitrogens is 4. The molecule has 1 amide bonds. The first-order chi connectivity index (χ1) is 15.1. The van der Waals surface area contributed by atoms with E-state index < -0.39 is 0 Å². The summed E-state index contributed by atoms with van der Waals surface area (Å²) in [5.41, 5.74) is 5.60. The Morgan fingerprint density at radius 3 is 2.29 bits per heavy atom. The number of thioether (sulfide) groups is 1. The molecule has 0 unspecified atom stereocenters. The number of hydrogen-bond donors (Lipinski definition) is 1. The summed E-state index contributed by atoms with van der Waals surface area (Å²) in [5, 5.41) is 8.41. The monoisotopic (exact) mass is 429 g/mol. The number of aryl methyl sites for hydroxylation is 2. The molecule has 4 aromatic rings. The van der Waals surface area contributed by atoms with Crippen molar-refractivity contribution < 1.29 is 4.79 Å². The van der Waals surface area contributed by atoms with Gasteiger partial charge in [0.05, 0.1) is 17.1 Å². The molecule has 31 heavy (non-hydrogen) atoms. The summed E-state index contributed by atoms with van der Waals surface area (Å²) in [4.78, 5) is 21.2. The Hall–Kier alpha value is -3.45. The van der Waals surface area contributed by atoms with Crippen LogP contribution in [-0.4, -0.2) is 31.4 Å². The number of benzene rings is 2. The number of hydrogen-bond acceptors (Lipinski definition) is 5. The van der Waals surface area contributed by atoms with Crippen molar-refractivity contribution in [2.24, 2.45) is 0 Å². The van der Waals surface area contributed by atoms with Gasteiger partial charge in [-0.3, -0.25) is 4.79 Å². The molecule has 2 heterocycles. The van der Waals surface area contributed by atoms with Crippen molar-refractivity contribution >= 4 is 17.7 Å². The minimum Gasteiger partial charge on any atom is -0.351 e. The van der Waals surface area contributed by atoms with Crippen molar-refractivity contribution in [1.82, 2.24) is 25.1 Å². The van der Waals surface area contributed by atoms with Gasteiger partial charge in [0, 0.05) is 35.3 Å². The minimum atomic E-state index is -0.0702. The molecule has 7 heteroatoms. The molecule has 0 spiro atoms. The number of para-hydroxylation sites is 1. The molecular weight excluding hydrogens is 406 g/mol. The van der Waals surface area contributed by atoms with Crippen molar-refractivity contribution in [2.75, 3.05) is 5.75 Å². The predicted molar refractivity (Wildman–Crippen MR) is 123 cm³/mol. The van der Waals surface area contributed by atoms with Crippen LogP contribution in [-0.2, 0) is 11.3 Å². The van der Waals surface area contributed by atoms with Gasteiger partial charge >= 0.3 is 0 Å². The predicted octanol–water partition coefficient (Wildman–Crippen LogP) is 4.35. The third-order valence-corrected chi connectivity index (χ3v) is 5.48. The molecule has 6 nitrogen and oxygen atoms in total. The van der Waals surface area contributed by atoms with Gasteiger partial charge in [-0.2, -0.15) is 5.10 Å². The molecule has 0 saturated heterocycles. The third-order valence-electron chi connectivity index (χ3n) is 4.63. The summed E-state index contributed by atoms with van der Waals surface area (Å²) < 4.78 is 1.85. The van der Waals surface area contributed by atoms with Crippen LogP contribution in [0.1, 0.15) is 17.0 Å². The molecule has 0 aliphatic heterocycles. The Kier molecular flexibility index (Phi) is 6.43. The Morgan fingerprint density at radius 2 is 1.61 bits per heavy atom. The first-order valence-corrected chi connectivity index (χ1v) is 11.0. The normalized spacial score (nSPS) is 10.8. The van der Waals surface area contributed by atoms with E-state index >= 15 is 0 Å². The molecule has 0 bridgehead atoms. The second kappa shape index (κ2) is 9.57. The van der Waals surface area contributed by atoms with Gasteiger partial charge in [0.15, 0.2) is 5.16 Å². The average Bonchev–Trinajstić information content (AvgIpc) is 3.21. The van der Waals surface area contributed by atoms with Crippen LogP contribution >= 0.6 is 11.8 Å². The molecule has 156 valence electrons. The van der Waals surface area contributed by atoms with Gasteiger partial charge in [-0.05, 0) is 32.0 Å². The van der Waals surface area contributed by atoms with Gasteiger partial charge in [0.25, 0.3) is 0 Å². The highest BCUT2D eigenvalue weighted by Crippen LogP contribution is 2.23. The smallest absolute Gasteiger partial charge is 0.230 e. The number of carbonyl (C=O) groups excluding carboxylic acids is 1. The maximum Gasteiger partial charge on any atom is 0.230 e. The van der Waals surface area contributed by atoms with Gasteiger partial charge in [-0.25, -0.2) is 14.6 Å². The Balaban J connectivity index is 1.48. The fraction of sp³-hybridized carbons (Fsp3) is 0.167. The van der Waals surface area contributed by atoms with E-state index in [9.17, 15) is 4.79 Å². The molecule has 0 radical (unpaired) electrons. The Labute approximate surface area is 185 Å². The summed E-state index contributed by atoms with van der Waals surface area (Å²) in [6.07, 6.45) is 1.97. The average molecular weight is 430 g/mol. The lowest BCUT2D eigenvalue weighted by Gasteiger charge is -2.06. The van der Waals surface area contributed by atoms with E-state index in [0.717, 1.165) is 33.9 Å². The van der Waals surface area contributed by atoms with Gasteiger partial charge in [0.2, 0.25) is 5.91 Å². The lowest BCUT2D eigenvalue weighted by atomic mass is 10.1. The van der Waals surface area contributed by atoms with Crippen LogP contribution in [0.25, 0.3) is 16.9 Å². The van der Waals surface area contributed by atoms with Crippen molar-refractivity contribution in [3.05, 3.63) is 89.9 Å². The zero-order valence-electron chi connectivity index (χ0n) is 17.4. The molecular formula is C24H23N5OS. The Morgan fingerprint density at radius 1 is 0.968 bits per heavy atom. The lowest BCUT2D eigenvalue weighted by Crippen LogP contribution is -2.24. The molecule has 0 aliphatic rings. The summed E-state index contributed by atoms with van der Waals surface area (Å²) >= 11 is 1.34. The number of nitrogens with one attached hydrogen (secondary N) is 1. The lowest BCUT2D eigenvalue weighted by molar-refractivity contribution is -0.118. The van der Waals surface area contributed by atoms with Gasteiger partial charge in [-0.1, -0.05) is 60.3 Å². The standard InChI is InChI=1S/C24H23N5OS/c1-17-13-18(2)27-24(26-17)31-16-22(30)25-14-20-15-29(21-11-7-4-8-12-21)28-23(20)19-9-5-3-6-10-19/h3-13,15H,14,16H2,1-2H3,(H,25,30). The highest BCUT2D eigenvalue weighted by Gasteiger charge is 2.14. The zero-order chi connectivity index (χ0) is 21.6. The van der Waals surface area contributed by atoms with Crippen molar-refractivity contribution in [1.29, 1.82) is 0 Å². The first-order valence-electron chi connectivity index (χ1n) is 9.99. The van der Waals surface area contributed by atoms with E-state index in [0.29, 0.717) is 11.7 Å². The van der Waals surface area contributed by atoms with Crippen LogP contribution in [0.5, 0.6) is 0 Å². The first kappa shape index (κ1) is 20.8. The maximum absolute atomic E-state index is 12.5. The van der Waals surface area contributed by atoms with Crippen LogP contribution in [0.2, 0.25) is 0 Å². The number of nitrogens with zero attached hydrogens (tertiary/aromatic N) is 4. The topological polar surface area (TPSA) is 72.7 Å². The quantitative estimate of drug-likeness (QED) is 0.349. The van der Waals surface area contributed by atoms with E-state index in [-0.39, 0.29) is 11.7 Å². The third kappa shape index (κ3) is 5.38. The van der Waals surface area contributed by atoms with Gasteiger partial charge in [0.1, 0.15) is 0 Å². The number of carbonyl (C=O) groups is 1.